The van der Waals surface area contributed by atoms with Crippen molar-refractivity contribution < 1.29 is 8.42 Å². The summed E-state index contributed by atoms with van der Waals surface area (Å²) in [4.78, 5) is 0.434. The van der Waals surface area contributed by atoms with E-state index in [0.717, 1.165) is 37.9 Å². The monoisotopic (exact) mass is 346 g/mol. The van der Waals surface area contributed by atoms with Gasteiger partial charge in [-0.25, -0.2) is 8.42 Å². The quantitative estimate of drug-likeness (QED) is 0.849. The van der Waals surface area contributed by atoms with Crippen LogP contribution in [0, 0.1) is 0 Å². The zero-order valence-electron chi connectivity index (χ0n) is 13.9. The highest BCUT2D eigenvalue weighted by atomic mass is 32.2. The van der Waals surface area contributed by atoms with Crippen LogP contribution in [0.4, 0.5) is 0 Å². The third-order valence-corrected chi connectivity index (χ3v) is 7.05. The zero-order chi connectivity index (χ0) is 16.7. The fraction of sp³-hybridized carbons (Fsp3) is 0.529. The molecule has 1 aliphatic carbocycles. The largest absolute Gasteiger partial charge is 0.313 e. The fourth-order valence-electron chi connectivity index (χ4n) is 3.84. The molecule has 0 bridgehead atoms. The normalized spacial score (nSPS) is 21.3. The Kier molecular flexibility index (Phi) is 3.92. The maximum absolute atomic E-state index is 13.0. The van der Waals surface area contributed by atoms with Crippen molar-refractivity contribution in [2.75, 3.05) is 13.1 Å². The highest BCUT2D eigenvalue weighted by Gasteiger charge is 2.34. The Labute approximate surface area is 142 Å². The Balaban J connectivity index is 1.58. The number of aromatic nitrogens is 3. The molecule has 1 saturated heterocycles. The highest BCUT2D eigenvalue weighted by molar-refractivity contribution is 7.89. The summed E-state index contributed by atoms with van der Waals surface area (Å²) < 4.78 is 29.6. The summed E-state index contributed by atoms with van der Waals surface area (Å²) in [6.07, 6.45) is 6.49. The van der Waals surface area contributed by atoms with E-state index in [9.17, 15) is 8.42 Å². The molecule has 0 saturated carbocycles. The van der Waals surface area contributed by atoms with Crippen molar-refractivity contribution in [2.45, 2.75) is 50.0 Å². The minimum Gasteiger partial charge on any atom is -0.313 e. The number of aryl methyl sites for hydroxylation is 3. The average Bonchev–Trinajstić information content (AvgIpc) is 3.31. The molecule has 1 aliphatic heterocycles. The molecule has 0 radical (unpaired) electrons. The standard InChI is InChI=1S/C17H22N4O2S/c1-2-17-19-18-12-21(17)15-8-9-20(11-15)24(22,23)16-7-6-13-4-3-5-14(13)10-16/h6-7,10,12,15H,2-5,8-9,11H2,1H3. The molecule has 2 heterocycles. The van der Waals surface area contributed by atoms with Gasteiger partial charge in [0.05, 0.1) is 10.9 Å². The van der Waals surface area contributed by atoms with Crippen LogP contribution < -0.4 is 0 Å². The van der Waals surface area contributed by atoms with Crippen molar-refractivity contribution in [2.24, 2.45) is 0 Å². The zero-order valence-corrected chi connectivity index (χ0v) is 14.7. The molecule has 2 aliphatic rings. The number of hydrogen-bond acceptors (Lipinski definition) is 4. The number of sulfonamides is 1. The average molecular weight is 346 g/mol. The summed E-state index contributed by atoms with van der Waals surface area (Å²) in [6, 6.07) is 5.75. The molecule has 0 spiro atoms. The first-order valence-corrected chi connectivity index (χ1v) is 10.0. The first-order chi connectivity index (χ1) is 11.6. The molecule has 1 atom stereocenters. The van der Waals surface area contributed by atoms with E-state index in [0.29, 0.717) is 18.0 Å². The van der Waals surface area contributed by atoms with Crippen LogP contribution >= 0.6 is 0 Å². The number of benzene rings is 1. The SMILES string of the molecule is CCc1nncn1C1CCN(S(=O)(=O)c2ccc3c(c2)CCC3)C1. The van der Waals surface area contributed by atoms with Gasteiger partial charge in [0.15, 0.2) is 0 Å². The van der Waals surface area contributed by atoms with Gasteiger partial charge in [0, 0.05) is 19.5 Å². The molecular formula is C17H22N4O2S. The number of fused-ring (bicyclic) bond motifs is 1. The maximum Gasteiger partial charge on any atom is 0.243 e. The highest BCUT2D eigenvalue weighted by Crippen LogP contribution is 2.30. The van der Waals surface area contributed by atoms with E-state index < -0.39 is 10.0 Å². The van der Waals surface area contributed by atoms with Crippen LogP contribution in [0.25, 0.3) is 0 Å². The molecule has 7 heteroatoms. The third-order valence-electron chi connectivity index (χ3n) is 5.19. The Morgan fingerprint density at radius 2 is 2.08 bits per heavy atom. The molecule has 2 aromatic rings. The lowest BCUT2D eigenvalue weighted by atomic mass is 10.1. The summed E-state index contributed by atoms with van der Waals surface area (Å²) in [6.45, 7) is 3.07. The van der Waals surface area contributed by atoms with Crippen molar-refractivity contribution >= 4 is 10.0 Å². The van der Waals surface area contributed by atoms with Gasteiger partial charge in [-0.2, -0.15) is 4.31 Å². The lowest BCUT2D eigenvalue weighted by molar-refractivity contribution is 0.446. The molecule has 24 heavy (non-hydrogen) atoms. The van der Waals surface area contributed by atoms with Crippen LogP contribution in [0.1, 0.15) is 42.8 Å². The maximum atomic E-state index is 13.0. The van der Waals surface area contributed by atoms with E-state index in [-0.39, 0.29) is 6.04 Å². The summed E-state index contributed by atoms with van der Waals surface area (Å²) in [5.41, 5.74) is 2.49. The van der Waals surface area contributed by atoms with Crippen LogP contribution in [0.15, 0.2) is 29.4 Å². The second kappa shape index (κ2) is 5.97. The van der Waals surface area contributed by atoms with Crippen LogP contribution in [0.3, 0.4) is 0 Å². The van der Waals surface area contributed by atoms with Crippen LogP contribution in [0.5, 0.6) is 0 Å². The molecular weight excluding hydrogens is 324 g/mol. The predicted molar refractivity (Wildman–Crippen MR) is 90.3 cm³/mol. The first-order valence-electron chi connectivity index (χ1n) is 8.60. The van der Waals surface area contributed by atoms with Gasteiger partial charge >= 0.3 is 0 Å². The first kappa shape index (κ1) is 15.8. The van der Waals surface area contributed by atoms with E-state index in [1.165, 1.54) is 11.1 Å². The van der Waals surface area contributed by atoms with Gasteiger partial charge in [-0.1, -0.05) is 13.0 Å². The van der Waals surface area contributed by atoms with Gasteiger partial charge < -0.3 is 4.57 Å². The molecule has 1 fully saturated rings. The molecule has 1 aromatic heterocycles. The Morgan fingerprint density at radius 1 is 1.25 bits per heavy atom. The molecule has 0 N–H and O–H groups in total. The van der Waals surface area contributed by atoms with Crippen molar-refractivity contribution in [3.05, 3.63) is 41.5 Å². The van der Waals surface area contributed by atoms with Gasteiger partial charge in [0.25, 0.3) is 0 Å². The summed E-state index contributed by atoms with van der Waals surface area (Å²) in [5, 5.41) is 8.08. The lowest BCUT2D eigenvalue weighted by Gasteiger charge is -2.18. The second-order valence-electron chi connectivity index (χ2n) is 6.60. The number of hydrogen-bond donors (Lipinski definition) is 0. The Morgan fingerprint density at radius 3 is 2.92 bits per heavy atom. The molecule has 1 aromatic carbocycles. The van der Waals surface area contributed by atoms with Gasteiger partial charge in [0.1, 0.15) is 12.2 Å². The van der Waals surface area contributed by atoms with Gasteiger partial charge in [-0.05, 0) is 48.9 Å². The Bertz CT molecular complexity index is 859. The van der Waals surface area contributed by atoms with Crippen molar-refractivity contribution in [3.8, 4) is 0 Å². The van der Waals surface area contributed by atoms with E-state index in [2.05, 4.69) is 10.2 Å². The molecule has 128 valence electrons. The minimum atomic E-state index is -3.42. The van der Waals surface area contributed by atoms with E-state index in [4.69, 9.17) is 0 Å². The van der Waals surface area contributed by atoms with Crippen molar-refractivity contribution in [1.82, 2.24) is 19.1 Å². The summed E-state index contributed by atoms with van der Waals surface area (Å²) in [7, 11) is -3.42. The molecule has 4 rings (SSSR count). The van der Waals surface area contributed by atoms with Gasteiger partial charge in [0.2, 0.25) is 10.0 Å². The van der Waals surface area contributed by atoms with E-state index in [1.54, 1.807) is 16.7 Å². The van der Waals surface area contributed by atoms with Gasteiger partial charge in [-0.15, -0.1) is 10.2 Å². The fourth-order valence-corrected chi connectivity index (χ4v) is 5.38. The number of nitrogens with zero attached hydrogens (tertiary/aromatic N) is 4. The smallest absolute Gasteiger partial charge is 0.243 e. The topological polar surface area (TPSA) is 68.1 Å². The van der Waals surface area contributed by atoms with Gasteiger partial charge in [-0.3, -0.25) is 0 Å². The Hall–Kier alpha value is -1.73. The second-order valence-corrected chi connectivity index (χ2v) is 8.54. The lowest BCUT2D eigenvalue weighted by Crippen LogP contribution is -2.29. The van der Waals surface area contributed by atoms with Crippen LogP contribution in [0.2, 0.25) is 0 Å². The third kappa shape index (κ3) is 2.56. The number of rotatable bonds is 4. The van der Waals surface area contributed by atoms with Crippen molar-refractivity contribution in [1.29, 1.82) is 0 Å². The summed E-state index contributed by atoms with van der Waals surface area (Å²) >= 11 is 0. The van der Waals surface area contributed by atoms with E-state index in [1.807, 2.05) is 23.6 Å². The molecule has 1 unspecified atom stereocenters. The van der Waals surface area contributed by atoms with Crippen LogP contribution in [-0.4, -0.2) is 40.6 Å². The minimum absolute atomic E-state index is 0.124. The molecule has 0 amide bonds. The molecule has 6 nitrogen and oxygen atoms in total. The summed E-state index contributed by atoms with van der Waals surface area (Å²) in [5.74, 6) is 0.914. The predicted octanol–water partition coefficient (Wildman–Crippen LogP) is 1.96. The van der Waals surface area contributed by atoms with E-state index >= 15 is 0 Å². The van der Waals surface area contributed by atoms with Crippen molar-refractivity contribution in [3.63, 3.8) is 0 Å². The van der Waals surface area contributed by atoms with Crippen LogP contribution in [-0.2, 0) is 29.3 Å².